The minimum Gasteiger partial charge on any atom is -0.373 e. The second-order valence-electron chi connectivity index (χ2n) is 5.68. The number of anilines is 1. The fourth-order valence-corrected chi connectivity index (χ4v) is 2.83. The topological polar surface area (TPSA) is 50.4 Å². The maximum absolute atomic E-state index is 12.2. The lowest BCUT2D eigenvalue weighted by molar-refractivity contribution is -0.123. The molecule has 2 heterocycles. The van der Waals surface area contributed by atoms with Crippen molar-refractivity contribution < 1.29 is 9.53 Å². The number of para-hydroxylation sites is 1. The third-order valence-electron chi connectivity index (χ3n) is 4.02. The number of hydrogen-bond donors (Lipinski definition) is 2. The average Bonchev–Trinajstić information content (AvgIpc) is 3.02. The standard InChI is InChI=1S/C15H20N2O2/c1-15(7-4-8-19-15)10-16-14(18)13-9-11-5-2-3-6-12(11)17-13/h2-3,5-6,13,17H,4,7-10H2,1H3,(H,16,18). The molecule has 1 aromatic rings. The van der Waals surface area contributed by atoms with E-state index in [2.05, 4.69) is 23.6 Å². The molecule has 0 saturated carbocycles. The van der Waals surface area contributed by atoms with Gasteiger partial charge in [0.15, 0.2) is 0 Å². The highest BCUT2D eigenvalue weighted by atomic mass is 16.5. The summed E-state index contributed by atoms with van der Waals surface area (Å²) in [6, 6.07) is 7.93. The molecule has 2 unspecified atom stereocenters. The van der Waals surface area contributed by atoms with Crippen LogP contribution in [0.25, 0.3) is 0 Å². The van der Waals surface area contributed by atoms with Crippen LogP contribution in [-0.4, -0.2) is 30.7 Å². The van der Waals surface area contributed by atoms with Gasteiger partial charge in [0.2, 0.25) is 5.91 Å². The summed E-state index contributed by atoms with van der Waals surface area (Å²) in [5.41, 5.74) is 2.11. The predicted octanol–water partition coefficient (Wildman–Crippen LogP) is 1.71. The molecular weight excluding hydrogens is 240 g/mol. The van der Waals surface area contributed by atoms with E-state index in [0.717, 1.165) is 31.6 Å². The lowest BCUT2D eigenvalue weighted by Gasteiger charge is -2.24. The maximum Gasteiger partial charge on any atom is 0.242 e. The quantitative estimate of drug-likeness (QED) is 0.870. The Bertz CT molecular complexity index is 456. The number of ether oxygens (including phenoxy) is 1. The van der Waals surface area contributed by atoms with E-state index < -0.39 is 0 Å². The van der Waals surface area contributed by atoms with E-state index in [0.29, 0.717) is 6.54 Å². The van der Waals surface area contributed by atoms with Gasteiger partial charge in [-0.3, -0.25) is 4.79 Å². The van der Waals surface area contributed by atoms with E-state index in [-0.39, 0.29) is 17.6 Å². The van der Waals surface area contributed by atoms with Crippen LogP contribution in [-0.2, 0) is 16.0 Å². The molecule has 2 aliphatic heterocycles. The van der Waals surface area contributed by atoms with E-state index in [4.69, 9.17) is 4.74 Å². The van der Waals surface area contributed by atoms with Gasteiger partial charge in [-0.2, -0.15) is 0 Å². The largest absolute Gasteiger partial charge is 0.373 e. The van der Waals surface area contributed by atoms with Gasteiger partial charge in [-0.15, -0.1) is 0 Å². The first kappa shape index (κ1) is 12.5. The molecule has 102 valence electrons. The molecule has 4 heteroatoms. The van der Waals surface area contributed by atoms with Crippen LogP contribution < -0.4 is 10.6 Å². The van der Waals surface area contributed by atoms with E-state index in [1.165, 1.54) is 5.56 Å². The molecule has 0 aromatic heterocycles. The smallest absolute Gasteiger partial charge is 0.242 e. The molecule has 0 spiro atoms. The van der Waals surface area contributed by atoms with Crippen LogP contribution in [0.3, 0.4) is 0 Å². The lowest BCUT2D eigenvalue weighted by atomic mass is 10.0. The summed E-state index contributed by atoms with van der Waals surface area (Å²) in [4.78, 5) is 12.2. The zero-order chi connectivity index (χ0) is 13.3. The van der Waals surface area contributed by atoms with Crippen LogP contribution in [0.5, 0.6) is 0 Å². The van der Waals surface area contributed by atoms with Gasteiger partial charge < -0.3 is 15.4 Å². The zero-order valence-electron chi connectivity index (χ0n) is 11.2. The Morgan fingerprint density at radius 2 is 2.37 bits per heavy atom. The molecule has 4 nitrogen and oxygen atoms in total. The number of carbonyl (C=O) groups is 1. The molecular formula is C15H20N2O2. The number of rotatable bonds is 3. The van der Waals surface area contributed by atoms with E-state index in [1.54, 1.807) is 0 Å². The number of benzene rings is 1. The maximum atomic E-state index is 12.2. The van der Waals surface area contributed by atoms with Crippen molar-refractivity contribution >= 4 is 11.6 Å². The van der Waals surface area contributed by atoms with Crippen molar-refractivity contribution in [2.24, 2.45) is 0 Å². The summed E-state index contributed by atoms with van der Waals surface area (Å²) < 4.78 is 5.68. The van der Waals surface area contributed by atoms with Gasteiger partial charge in [-0.1, -0.05) is 18.2 Å². The minimum atomic E-state index is -0.179. The normalized spacial score (nSPS) is 28.8. The first-order valence-electron chi connectivity index (χ1n) is 6.92. The highest BCUT2D eigenvalue weighted by Gasteiger charge is 2.32. The third kappa shape index (κ3) is 2.59. The van der Waals surface area contributed by atoms with Crippen LogP contribution in [0.4, 0.5) is 5.69 Å². The molecule has 2 N–H and O–H groups in total. The van der Waals surface area contributed by atoms with Gasteiger partial charge in [0, 0.05) is 25.3 Å². The number of carbonyl (C=O) groups excluding carboxylic acids is 1. The van der Waals surface area contributed by atoms with Gasteiger partial charge in [-0.25, -0.2) is 0 Å². The Morgan fingerprint density at radius 3 is 3.11 bits per heavy atom. The summed E-state index contributed by atoms with van der Waals surface area (Å²) in [5.74, 6) is 0.0629. The number of fused-ring (bicyclic) bond motifs is 1. The highest BCUT2D eigenvalue weighted by Crippen LogP contribution is 2.26. The Morgan fingerprint density at radius 1 is 1.53 bits per heavy atom. The first-order chi connectivity index (χ1) is 9.16. The monoisotopic (exact) mass is 260 g/mol. The fourth-order valence-electron chi connectivity index (χ4n) is 2.83. The molecule has 3 rings (SSSR count). The highest BCUT2D eigenvalue weighted by molar-refractivity contribution is 5.87. The van der Waals surface area contributed by atoms with Crippen molar-refractivity contribution in [2.75, 3.05) is 18.5 Å². The molecule has 19 heavy (non-hydrogen) atoms. The van der Waals surface area contributed by atoms with E-state index >= 15 is 0 Å². The predicted molar refractivity (Wildman–Crippen MR) is 74.2 cm³/mol. The second kappa shape index (κ2) is 4.85. The van der Waals surface area contributed by atoms with Crippen molar-refractivity contribution in [2.45, 2.75) is 37.8 Å². The number of amides is 1. The Labute approximate surface area is 113 Å². The zero-order valence-corrected chi connectivity index (χ0v) is 11.2. The van der Waals surface area contributed by atoms with Crippen LogP contribution in [0.1, 0.15) is 25.3 Å². The van der Waals surface area contributed by atoms with Crippen molar-refractivity contribution in [1.29, 1.82) is 0 Å². The van der Waals surface area contributed by atoms with E-state index in [9.17, 15) is 4.79 Å². The molecule has 0 radical (unpaired) electrons. The van der Waals surface area contributed by atoms with Crippen molar-refractivity contribution in [3.05, 3.63) is 29.8 Å². The van der Waals surface area contributed by atoms with Gasteiger partial charge >= 0.3 is 0 Å². The van der Waals surface area contributed by atoms with Crippen LogP contribution in [0.2, 0.25) is 0 Å². The summed E-state index contributed by atoms with van der Waals surface area (Å²) in [5, 5.41) is 6.28. The molecule has 1 aromatic carbocycles. The number of hydrogen-bond acceptors (Lipinski definition) is 3. The van der Waals surface area contributed by atoms with Gasteiger partial charge in [0.25, 0.3) is 0 Å². The molecule has 1 fully saturated rings. The summed E-state index contributed by atoms with van der Waals surface area (Å²) in [7, 11) is 0. The third-order valence-corrected chi connectivity index (χ3v) is 4.02. The first-order valence-corrected chi connectivity index (χ1v) is 6.92. The van der Waals surface area contributed by atoms with Gasteiger partial charge in [0.05, 0.1) is 5.60 Å². The lowest BCUT2D eigenvalue weighted by Crippen LogP contribution is -2.45. The number of nitrogens with one attached hydrogen (secondary N) is 2. The second-order valence-corrected chi connectivity index (χ2v) is 5.68. The average molecular weight is 260 g/mol. The van der Waals surface area contributed by atoms with Crippen LogP contribution in [0.15, 0.2) is 24.3 Å². The molecule has 1 saturated heterocycles. The molecule has 2 atom stereocenters. The van der Waals surface area contributed by atoms with Gasteiger partial charge in [-0.05, 0) is 31.4 Å². The minimum absolute atomic E-state index is 0.0629. The molecule has 2 aliphatic rings. The van der Waals surface area contributed by atoms with Crippen LogP contribution in [0, 0.1) is 0 Å². The van der Waals surface area contributed by atoms with Crippen molar-refractivity contribution in [1.82, 2.24) is 5.32 Å². The van der Waals surface area contributed by atoms with Crippen molar-refractivity contribution in [3.63, 3.8) is 0 Å². The Kier molecular flexibility index (Phi) is 3.19. The van der Waals surface area contributed by atoms with Crippen LogP contribution >= 0.6 is 0 Å². The molecule has 0 bridgehead atoms. The van der Waals surface area contributed by atoms with Gasteiger partial charge in [0.1, 0.15) is 6.04 Å². The van der Waals surface area contributed by atoms with Crippen molar-refractivity contribution in [3.8, 4) is 0 Å². The Balaban J connectivity index is 1.55. The molecule has 1 amide bonds. The Hall–Kier alpha value is -1.55. The fraction of sp³-hybridized carbons (Fsp3) is 0.533. The van der Waals surface area contributed by atoms with E-state index in [1.807, 2.05) is 18.2 Å². The summed E-state index contributed by atoms with van der Waals surface area (Å²) in [6.07, 6.45) is 2.87. The summed E-state index contributed by atoms with van der Waals surface area (Å²) in [6.45, 7) is 3.47. The molecule has 0 aliphatic carbocycles. The SMILES string of the molecule is CC1(CNC(=O)C2Cc3ccccc3N2)CCCO1. The summed E-state index contributed by atoms with van der Waals surface area (Å²) >= 11 is 0.